The van der Waals surface area contributed by atoms with Gasteiger partial charge in [0.15, 0.2) is 0 Å². The van der Waals surface area contributed by atoms with Crippen LogP contribution in [0.25, 0.3) is 0 Å². The summed E-state index contributed by atoms with van der Waals surface area (Å²) in [6, 6.07) is 0.289. The standard InChI is InChI=1S/C21H42N8O3S/c1-14-5-7-28(12-14)16-4-6-22-18(8-16)29-13-17(11-25-29)33(30,31)26-19-20-15(10-24-27(20)2)9-23-21(19)32-3/h14-26H,4-13H2,1-3H3/t14-,15?,16?,17?,18?,19?,20?,21?/m0/s1. The summed E-state index contributed by atoms with van der Waals surface area (Å²) in [4.78, 5) is 2.63. The third kappa shape index (κ3) is 4.97. The van der Waals surface area contributed by atoms with E-state index in [4.69, 9.17) is 4.74 Å². The average Bonchev–Trinajstić information content (AvgIpc) is 3.54. The molecule has 0 amide bonds. The first-order valence-corrected chi connectivity index (χ1v) is 14.1. The average molecular weight is 487 g/mol. The van der Waals surface area contributed by atoms with E-state index in [0.717, 1.165) is 38.4 Å². The van der Waals surface area contributed by atoms with Crippen molar-refractivity contribution in [2.45, 2.75) is 62.0 Å². The van der Waals surface area contributed by atoms with Crippen molar-refractivity contribution >= 4 is 10.0 Å². The van der Waals surface area contributed by atoms with Gasteiger partial charge in [0.1, 0.15) is 11.5 Å². The molecule has 5 heterocycles. The maximum atomic E-state index is 13.5. The number of hydrazine groups is 2. The van der Waals surface area contributed by atoms with Crippen molar-refractivity contribution in [1.82, 2.24) is 41.1 Å². The molecule has 7 unspecified atom stereocenters. The van der Waals surface area contributed by atoms with Crippen molar-refractivity contribution in [2.75, 3.05) is 60.0 Å². The molecule has 5 aliphatic heterocycles. The molecule has 8 atom stereocenters. The maximum absolute atomic E-state index is 13.5. The van der Waals surface area contributed by atoms with Crippen LogP contribution in [0, 0.1) is 11.8 Å². The lowest BCUT2D eigenvalue weighted by Gasteiger charge is -2.42. The summed E-state index contributed by atoms with van der Waals surface area (Å²) in [6.07, 6.45) is 3.29. The first kappa shape index (κ1) is 24.3. The molecule has 5 aliphatic rings. The van der Waals surface area contributed by atoms with Gasteiger partial charge in [-0.1, -0.05) is 6.92 Å². The number of likely N-dealkylation sites (tertiary alicyclic amines) is 1. The molecule has 5 fully saturated rings. The lowest BCUT2D eigenvalue weighted by atomic mass is 9.90. The number of ether oxygens (including phenoxy) is 1. The van der Waals surface area contributed by atoms with Gasteiger partial charge in [0, 0.05) is 64.9 Å². The Morgan fingerprint density at radius 2 is 1.91 bits per heavy atom. The molecule has 12 heteroatoms. The zero-order chi connectivity index (χ0) is 23.2. The molecule has 5 rings (SSSR count). The second-order valence-corrected chi connectivity index (χ2v) is 12.6. The lowest BCUT2D eigenvalue weighted by Crippen LogP contribution is -2.67. The van der Waals surface area contributed by atoms with Crippen LogP contribution < -0.4 is 26.2 Å². The molecule has 0 aliphatic carbocycles. The highest BCUT2D eigenvalue weighted by molar-refractivity contribution is 7.90. The SMILES string of the molecule is COC1NCC2CNN(C)C2C1NS(=O)(=O)C1CNN(C2CC(N3CC[C@H](C)C3)CCN2)C1. The van der Waals surface area contributed by atoms with Crippen molar-refractivity contribution in [3.63, 3.8) is 0 Å². The van der Waals surface area contributed by atoms with Gasteiger partial charge in [-0.2, -0.15) is 0 Å². The van der Waals surface area contributed by atoms with Crippen molar-refractivity contribution in [2.24, 2.45) is 11.8 Å². The first-order chi connectivity index (χ1) is 15.9. The Morgan fingerprint density at radius 1 is 1.06 bits per heavy atom. The van der Waals surface area contributed by atoms with Gasteiger partial charge in [-0.15, -0.1) is 0 Å². The van der Waals surface area contributed by atoms with Crippen LogP contribution in [0.15, 0.2) is 0 Å². The molecule has 11 nitrogen and oxygen atoms in total. The maximum Gasteiger partial charge on any atom is 0.217 e. The molecule has 0 aromatic carbocycles. The van der Waals surface area contributed by atoms with Gasteiger partial charge >= 0.3 is 0 Å². The van der Waals surface area contributed by atoms with E-state index in [-0.39, 0.29) is 24.5 Å². The molecular weight excluding hydrogens is 444 g/mol. The number of fused-ring (bicyclic) bond motifs is 1. The number of rotatable bonds is 6. The molecule has 0 aromatic heterocycles. The second-order valence-electron chi connectivity index (χ2n) is 10.7. The molecule has 0 bridgehead atoms. The van der Waals surface area contributed by atoms with E-state index in [1.165, 1.54) is 19.5 Å². The summed E-state index contributed by atoms with van der Waals surface area (Å²) in [5.41, 5.74) is 6.72. The Bertz CT molecular complexity index is 787. The molecule has 5 N–H and O–H groups in total. The minimum absolute atomic E-state index is 0.0556. The number of hydrogen-bond acceptors (Lipinski definition) is 10. The molecule has 190 valence electrons. The Labute approximate surface area is 198 Å². The summed E-state index contributed by atoms with van der Waals surface area (Å²) >= 11 is 0. The Balaban J connectivity index is 1.21. The van der Waals surface area contributed by atoms with E-state index in [2.05, 4.69) is 43.0 Å². The molecular formula is C21H42N8O3S. The minimum Gasteiger partial charge on any atom is -0.365 e. The van der Waals surface area contributed by atoms with Crippen LogP contribution in [0.4, 0.5) is 0 Å². The molecule has 33 heavy (non-hydrogen) atoms. The Kier molecular flexibility index (Phi) is 7.30. The van der Waals surface area contributed by atoms with Gasteiger partial charge in [-0.3, -0.25) is 21.1 Å². The van der Waals surface area contributed by atoms with Gasteiger partial charge in [0.2, 0.25) is 10.0 Å². The van der Waals surface area contributed by atoms with E-state index in [1.807, 2.05) is 12.1 Å². The van der Waals surface area contributed by atoms with E-state index in [0.29, 0.717) is 25.0 Å². The largest absolute Gasteiger partial charge is 0.365 e. The zero-order valence-electron chi connectivity index (χ0n) is 20.2. The monoisotopic (exact) mass is 486 g/mol. The quantitative estimate of drug-likeness (QED) is 0.286. The van der Waals surface area contributed by atoms with Gasteiger partial charge in [0.05, 0.1) is 12.2 Å². The van der Waals surface area contributed by atoms with Gasteiger partial charge in [-0.25, -0.2) is 23.2 Å². The number of nitrogens with one attached hydrogen (secondary N) is 5. The molecule has 0 saturated carbocycles. The molecule has 0 aromatic rings. The number of methoxy groups -OCH3 is 1. The number of nitrogens with zero attached hydrogens (tertiary/aromatic N) is 3. The minimum atomic E-state index is -3.54. The van der Waals surface area contributed by atoms with Crippen LogP contribution in [0.5, 0.6) is 0 Å². The van der Waals surface area contributed by atoms with E-state index in [9.17, 15) is 8.42 Å². The van der Waals surface area contributed by atoms with Crippen molar-refractivity contribution in [1.29, 1.82) is 0 Å². The predicted molar refractivity (Wildman–Crippen MR) is 126 cm³/mol. The van der Waals surface area contributed by atoms with Gasteiger partial charge in [-0.05, 0) is 38.3 Å². The normalized spacial score (nSPS) is 43.8. The fourth-order valence-electron chi connectivity index (χ4n) is 6.51. The van der Waals surface area contributed by atoms with Crippen molar-refractivity contribution < 1.29 is 13.2 Å². The summed E-state index contributed by atoms with van der Waals surface area (Å²) in [6.45, 7) is 8.24. The second kappa shape index (κ2) is 9.92. The van der Waals surface area contributed by atoms with Crippen LogP contribution in [0.1, 0.15) is 26.2 Å². The first-order valence-electron chi connectivity index (χ1n) is 12.6. The van der Waals surface area contributed by atoms with E-state index in [1.54, 1.807) is 7.11 Å². The topological polar surface area (TPSA) is 113 Å². The lowest BCUT2D eigenvalue weighted by molar-refractivity contribution is -0.0106. The van der Waals surface area contributed by atoms with E-state index >= 15 is 0 Å². The van der Waals surface area contributed by atoms with Gasteiger partial charge < -0.3 is 10.1 Å². The highest BCUT2D eigenvalue weighted by atomic mass is 32.2. The fraction of sp³-hybridized carbons (Fsp3) is 1.00. The Hall–Kier alpha value is -0.410. The van der Waals surface area contributed by atoms with Crippen molar-refractivity contribution in [3.05, 3.63) is 0 Å². The molecule has 5 saturated heterocycles. The van der Waals surface area contributed by atoms with Gasteiger partial charge in [0.25, 0.3) is 0 Å². The third-order valence-electron chi connectivity index (χ3n) is 8.42. The summed E-state index contributed by atoms with van der Waals surface area (Å²) in [5.74, 6) is 1.12. The van der Waals surface area contributed by atoms with Crippen molar-refractivity contribution in [3.8, 4) is 0 Å². The highest BCUT2D eigenvalue weighted by Crippen LogP contribution is 2.27. The number of likely N-dealkylation sites (N-methyl/N-ethyl adjacent to an activating group) is 1. The third-order valence-corrected chi connectivity index (χ3v) is 10.2. The Morgan fingerprint density at radius 3 is 2.67 bits per heavy atom. The smallest absolute Gasteiger partial charge is 0.217 e. The summed E-state index contributed by atoms with van der Waals surface area (Å²) in [7, 11) is 0.0735. The van der Waals surface area contributed by atoms with Crippen LogP contribution in [0.3, 0.4) is 0 Å². The zero-order valence-corrected chi connectivity index (χ0v) is 21.0. The van der Waals surface area contributed by atoms with Crippen LogP contribution in [-0.2, 0) is 14.8 Å². The highest BCUT2D eigenvalue weighted by Gasteiger charge is 2.48. The molecule has 0 spiro atoms. The summed E-state index contributed by atoms with van der Waals surface area (Å²) < 4.78 is 35.6. The molecule has 0 radical (unpaired) electrons. The number of hydrogen-bond donors (Lipinski definition) is 5. The van der Waals surface area contributed by atoms with Crippen LogP contribution in [0.2, 0.25) is 0 Å². The predicted octanol–water partition coefficient (Wildman–Crippen LogP) is -2.11. The fourth-order valence-corrected chi connectivity index (χ4v) is 8.00. The van der Waals surface area contributed by atoms with Crippen LogP contribution >= 0.6 is 0 Å². The number of piperidine rings is 2. The number of sulfonamides is 1. The van der Waals surface area contributed by atoms with E-state index < -0.39 is 15.3 Å². The summed E-state index contributed by atoms with van der Waals surface area (Å²) in [5, 5.41) is 10.6. The van der Waals surface area contributed by atoms with Crippen LogP contribution in [-0.4, -0.2) is 119 Å².